The van der Waals surface area contributed by atoms with Gasteiger partial charge in [0.2, 0.25) is 0 Å². The SMILES string of the molecule is O=C1c2ccccc2C(=O)c2c(/N=N/c3ccc(Cl)cc3)c(S(=O)(=O)O)cc(Nc3ccc(Cl)cc3)c21. The lowest BCUT2D eigenvalue weighted by atomic mass is 9.82. The lowest BCUT2D eigenvalue weighted by molar-refractivity contribution is 0.0980. The second kappa shape index (κ2) is 9.53. The van der Waals surface area contributed by atoms with Crippen molar-refractivity contribution < 1.29 is 22.6 Å². The third-order valence-corrected chi connectivity index (χ3v) is 7.00. The summed E-state index contributed by atoms with van der Waals surface area (Å²) in [6, 6.07) is 19.8. The fourth-order valence-corrected chi connectivity index (χ4v) is 4.86. The Hall–Kier alpha value is -3.89. The predicted molar refractivity (Wildman–Crippen MR) is 140 cm³/mol. The predicted octanol–water partition coefficient (Wildman–Crippen LogP) is 7.17. The van der Waals surface area contributed by atoms with Gasteiger partial charge in [0.1, 0.15) is 10.6 Å². The number of anilines is 2. The normalized spacial score (nSPS) is 12.9. The number of benzene rings is 4. The van der Waals surface area contributed by atoms with E-state index in [-0.39, 0.29) is 27.9 Å². The molecule has 1 aliphatic rings. The fraction of sp³-hybridized carbons (Fsp3) is 0. The number of hydrogen-bond acceptors (Lipinski definition) is 7. The molecule has 0 aromatic heterocycles. The molecule has 1 aliphatic carbocycles. The highest BCUT2D eigenvalue weighted by molar-refractivity contribution is 7.86. The summed E-state index contributed by atoms with van der Waals surface area (Å²) in [5.41, 5.74) is 0.127. The summed E-state index contributed by atoms with van der Waals surface area (Å²) in [7, 11) is -4.92. The van der Waals surface area contributed by atoms with Crippen molar-refractivity contribution >= 4 is 67.6 Å². The zero-order chi connectivity index (χ0) is 26.3. The van der Waals surface area contributed by atoms with Crippen molar-refractivity contribution in [2.75, 3.05) is 5.32 Å². The molecular formula is C26H15Cl2N3O5S. The van der Waals surface area contributed by atoms with Crippen molar-refractivity contribution in [3.05, 3.63) is 111 Å². The highest BCUT2D eigenvalue weighted by Crippen LogP contribution is 2.43. The molecule has 8 nitrogen and oxygen atoms in total. The van der Waals surface area contributed by atoms with E-state index in [1.54, 1.807) is 48.5 Å². The monoisotopic (exact) mass is 551 g/mol. The molecule has 0 bridgehead atoms. The number of halogens is 2. The van der Waals surface area contributed by atoms with Gasteiger partial charge in [0.15, 0.2) is 11.6 Å². The van der Waals surface area contributed by atoms with Crippen LogP contribution in [-0.4, -0.2) is 24.5 Å². The molecule has 4 aromatic rings. The summed E-state index contributed by atoms with van der Waals surface area (Å²) in [6.45, 7) is 0. The molecule has 0 unspecified atom stereocenters. The molecule has 184 valence electrons. The van der Waals surface area contributed by atoms with Gasteiger partial charge >= 0.3 is 0 Å². The van der Waals surface area contributed by atoms with Crippen LogP contribution in [0.1, 0.15) is 31.8 Å². The van der Waals surface area contributed by atoms with Gasteiger partial charge in [-0.05, 0) is 54.6 Å². The van der Waals surface area contributed by atoms with Gasteiger partial charge in [-0.3, -0.25) is 14.1 Å². The molecule has 0 amide bonds. The first kappa shape index (κ1) is 24.8. The molecule has 0 radical (unpaired) electrons. The molecule has 4 aromatic carbocycles. The Labute approximate surface area is 221 Å². The van der Waals surface area contributed by atoms with E-state index in [4.69, 9.17) is 23.2 Å². The molecule has 0 saturated heterocycles. The van der Waals surface area contributed by atoms with Gasteiger partial charge in [-0.25, -0.2) is 0 Å². The zero-order valence-electron chi connectivity index (χ0n) is 18.6. The molecule has 0 saturated carbocycles. The van der Waals surface area contributed by atoms with Crippen molar-refractivity contribution in [1.82, 2.24) is 0 Å². The minimum atomic E-state index is -4.92. The maximum absolute atomic E-state index is 13.7. The largest absolute Gasteiger partial charge is 0.355 e. The van der Waals surface area contributed by atoms with E-state index in [9.17, 15) is 22.6 Å². The van der Waals surface area contributed by atoms with Gasteiger partial charge in [-0.1, -0.05) is 47.5 Å². The third kappa shape index (κ3) is 4.77. The molecule has 0 aliphatic heterocycles. The molecule has 5 rings (SSSR count). The maximum Gasteiger partial charge on any atom is 0.296 e. The van der Waals surface area contributed by atoms with Crippen LogP contribution >= 0.6 is 23.2 Å². The topological polar surface area (TPSA) is 125 Å². The number of carbonyl (C=O) groups excluding carboxylic acids is 2. The number of azo groups is 1. The number of ketones is 2. The van der Waals surface area contributed by atoms with Crippen LogP contribution in [0.5, 0.6) is 0 Å². The third-order valence-electron chi connectivity index (χ3n) is 5.63. The van der Waals surface area contributed by atoms with Crippen molar-refractivity contribution in [3.63, 3.8) is 0 Å². The van der Waals surface area contributed by atoms with Gasteiger partial charge in [-0.2, -0.15) is 13.5 Å². The highest BCUT2D eigenvalue weighted by atomic mass is 35.5. The Morgan fingerprint density at radius 3 is 1.84 bits per heavy atom. The summed E-state index contributed by atoms with van der Waals surface area (Å²) in [6.07, 6.45) is 0. The molecule has 0 fully saturated rings. The smallest absolute Gasteiger partial charge is 0.296 e. The molecule has 0 spiro atoms. The lowest BCUT2D eigenvalue weighted by Gasteiger charge is -2.23. The standard InChI is InChI=1S/C26H15Cl2N3O5S/c27-14-5-9-16(10-6-14)29-20-13-21(37(34,35)36)24(31-30-17-11-7-15(28)8-12-17)23-22(20)25(32)18-3-1-2-4-19(18)26(23)33/h1-13,29H,(H,34,35,36)/b31-30+. The Balaban J connectivity index is 1.80. The Morgan fingerprint density at radius 2 is 1.27 bits per heavy atom. The summed E-state index contributed by atoms with van der Waals surface area (Å²) in [4.78, 5) is 26.6. The van der Waals surface area contributed by atoms with E-state index in [0.717, 1.165) is 6.07 Å². The number of hydrogen-bond donors (Lipinski definition) is 2. The molecule has 0 heterocycles. The van der Waals surface area contributed by atoms with Gasteiger partial charge < -0.3 is 5.32 Å². The number of fused-ring (bicyclic) bond motifs is 2. The Bertz CT molecular complexity index is 1720. The summed E-state index contributed by atoms with van der Waals surface area (Å²) < 4.78 is 35.0. The van der Waals surface area contributed by atoms with E-state index < -0.39 is 32.3 Å². The van der Waals surface area contributed by atoms with Gasteiger partial charge in [0, 0.05) is 26.9 Å². The average Bonchev–Trinajstić information content (AvgIpc) is 2.87. The van der Waals surface area contributed by atoms with Crippen molar-refractivity contribution in [1.29, 1.82) is 0 Å². The second-order valence-electron chi connectivity index (χ2n) is 8.01. The van der Waals surface area contributed by atoms with Crippen LogP contribution in [0, 0.1) is 0 Å². The molecular weight excluding hydrogens is 537 g/mol. The molecule has 2 N–H and O–H groups in total. The average molecular weight is 552 g/mol. The van der Waals surface area contributed by atoms with E-state index in [1.807, 2.05) is 0 Å². The minimum absolute atomic E-state index is 0.0109. The van der Waals surface area contributed by atoms with Crippen LogP contribution in [0.3, 0.4) is 0 Å². The van der Waals surface area contributed by atoms with Crippen LogP contribution < -0.4 is 5.32 Å². The number of rotatable bonds is 5. The summed E-state index contributed by atoms with van der Waals surface area (Å²) in [5, 5.41) is 11.9. The van der Waals surface area contributed by atoms with Gasteiger partial charge in [-0.15, -0.1) is 5.11 Å². The first-order chi connectivity index (χ1) is 17.6. The molecule has 0 atom stereocenters. The van der Waals surface area contributed by atoms with E-state index in [1.165, 1.54) is 24.3 Å². The van der Waals surface area contributed by atoms with Crippen molar-refractivity contribution in [2.24, 2.45) is 10.2 Å². The van der Waals surface area contributed by atoms with Crippen LogP contribution in [0.2, 0.25) is 10.0 Å². The number of nitrogens with zero attached hydrogens (tertiary/aromatic N) is 2. The number of carbonyl (C=O) groups is 2. The van der Waals surface area contributed by atoms with Crippen molar-refractivity contribution in [3.8, 4) is 0 Å². The first-order valence-electron chi connectivity index (χ1n) is 10.7. The lowest BCUT2D eigenvalue weighted by Crippen LogP contribution is -2.23. The second-order valence-corrected chi connectivity index (χ2v) is 10.3. The highest BCUT2D eigenvalue weighted by Gasteiger charge is 2.37. The van der Waals surface area contributed by atoms with Crippen molar-refractivity contribution in [2.45, 2.75) is 4.90 Å². The summed E-state index contributed by atoms with van der Waals surface area (Å²) in [5.74, 6) is -1.16. The Morgan fingerprint density at radius 1 is 0.730 bits per heavy atom. The van der Waals surface area contributed by atoms with Crippen LogP contribution in [0.25, 0.3) is 0 Å². The van der Waals surface area contributed by atoms with Crippen LogP contribution in [0.4, 0.5) is 22.7 Å². The molecule has 11 heteroatoms. The van der Waals surface area contributed by atoms with Crippen LogP contribution in [0.15, 0.2) is 94.0 Å². The zero-order valence-corrected chi connectivity index (χ0v) is 21.0. The van der Waals surface area contributed by atoms with E-state index >= 15 is 0 Å². The maximum atomic E-state index is 13.7. The fourth-order valence-electron chi connectivity index (χ4n) is 3.95. The quantitative estimate of drug-likeness (QED) is 0.176. The van der Waals surface area contributed by atoms with Gasteiger partial charge in [0.25, 0.3) is 10.1 Å². The first-order valence-corrected chi connectivity index (χ1v) is 12.9. The van der Waals surface area contributed by atoms with E-state index in [0.29, 0.717) is 21.4 Å². The summed E-state index contributed by atoms with van der Waals surface area (Å²) >= 11 is 11.9. The Kier molecular flexibility index (Phi) is 6.38. The number of nitrogens with one attached hydrogen (secondary N) is 1. The van der Waals surface area contributed by atoms with Gasteiger partial charge in [0.05, 0.1) is 22.5 Å². The molecule has 37 heavy (non-hydrogen) atoms. The van der Waals surface area contributed by atoms with E-state index in [2.05, 4.69) is 15.5 Å². The minimum Gasteiger partial charge on any atom is -0.355 e. The van der Waals surface area contributed by atoms with Crippen LogP contribution in [-0.2, 0) is 10.1 Å².